The van der Waals surface area contributed by atoms with Crippen molar-refractivity contribution >= 4 is 5.91 Å². The zero-order chi connectivity index (χ0) is 14.1. The van der Waals surface area contributed by atoms with E-state index in [1.54, 1.807) is 4.90 Å². The van der Waals surface area contributed by atoms with Crippen LogP contribution in [0.5, 0.6) is 0 Å². The highest BCUT2D eigenvalue weighted by atomic mass is 16.2. The van der Waals surface area contributed by atoms with Crippen LogP contribution in [0.25, 0.3) is 0 Å². The number of nitrogens with zero attached hydrogens (tertiary/aromatic N) is 4. The topological polar surface area (TPSA) is 97.1 Å². The van der Waals surface area contributed by atoms with Gasteiger partial charge in [-0.05, 0) is 12.8 Å². The summed E-state index contributed by atoms with van der Waals surface area (Å²) in [6.45, 7) is 2.87. The zero-order valence-electron chi connectivity index (χ0n) is 11.2. The molecular formula is C13H21N5O. The van der Waals surface area contributed by atoms with Crippen LogP contribution in [0.3, 0.4) is 0 Å². The van der Waals surface area contributed by atoms with E-state index in [4.69, 9.17) is 16.3 Å². The van der Waals surface area contributed by atoms with Gasteiger partial charge in [0.2, 0.25) is 5.91 Å². The summed E-state index contributed by atoms with van der Waals surface area (Å²) in [6.07, 6.45) is 2.46. The Balaban J connectivity index is 2.42. The van der Waals surface area contributed by atoms with Crippen molar-refractivity contribution in [3.05, 3.63) is 0 Å². The van der Waals surface area contributed by atoms with Gasteiger partial charge in [-0.25, -0.2) is 0 Å². The zero-order valence-corrected chi connectivity index (χ0v) is 11.2. The van der Waals surface area contributed by atoms with Gasteiger partial charge in [-0.3, -0.25) is 9.69 Å². The van der Waals surface area contributed by atoms with Crippen LogP contribution in [-0.2, 0) is 4.79 Å². The summed E-state index contributed by atoms with van der Waals surface area (Å²) >= 11 is 0. The average molecular weight is 263 g/mol. The van der Waals surface area contributed by atoms with E-state index in [0.29, 0.717) is 32.5 Å². The fourth-order valence-electron chi connectivity index (χ4n) is 2.13. The molecule has 6 nitrogen and oxygen atoms in total. The van der Waals surface area contributed by atoms with Gasteiger partial charge < -0.3 is 10.6 Å². The summed E-state index contributed by atoms with van der Waals surface area (Å²) in [5.74, 6) is 0.000899. The van der Waals surface area contributed by atoms with Crippen LogP contribution in [0, 0.1) is 22.7 Å². The first kappa shape index (κ1) is 15.4. The second kappa shape index (κ2) is 8.47. The second-order valence-electron chi connectivity index (χ2n) is 4.81. The van der Waals surface area contributed by atoms with E-state index in [-0.39, 0.29) is 11.9 Å². The standard InChI is InChI=1S/C13H21N5O/c14-5-1-7-18(8-2-6-15)13(19)11-17-9-3-12(16)4-10-17/h12H,1-4,7-11,16H2. The predicted octanol–water partition coefficient (Wildman–Crippen LogP) is 0.0655. The summed E-state index contributed by atoms with van der Waals surface area (Å²) in [6, 6.07) is 4.31. The number of amides is 1. The molecule has 1 fully saturated rings. The molecule has 0 saturated carbocycles. The van der Waals surface area contributed by atoms with E-state index in [0.717, 1.165) is 25.9 Å². The van der Waals surface area contributed by atoms with Gasteiger partial charge in [0.05, 0.1) is 31.5 Å². The van der Waals surface area contributed by atoms with Gasteiger partial charge in [0.1, 0.15) is 0 Å². The summed E-state index contributed by atoms with van der Waals surface area (Å²) in [7, 11) is 0. The van der Waals surface area contributed by atoms with Crippen LogP contribution in [0.1, 0.15) is 25.7 Å². The minimum Gasteiger partial charge on any atom is -0.340 e. The number of hydrogen-bond donors (Lipinski definition) is 1. The van der Waals surface area contributed by atoms with Gasteiger partial charge in [-0.1, -0.05) is 0 Å². The van der Waals surface area contributed by atoms with E-state index in [2.05, 4.69) is 4.90 Å². The summed E-state index contributed by atoms with van der Waals surface area (Å²) in [5, 5.41) is 17.2. The number of piperidine rings is 1. The Bertz CT molecular complexity index is 344. The number of rotatable bonds is 6. The molecule has 1 aliphatic heterocycles. The molecule has 0 spiro atoms. The third-order valence-corrected chi connectivity index (χ3v) is 3.33. The molecular weight excluding hydrogens is 242 g/mol. The fourth-order valence-corrected chi connectivity index (χ4v) is 2.13. The highest BCUT2D eigenvalue weighted by Crippen LogP contribution is 2.08. The van der Waals surface area contributed by atoms with Crippen molar-refractivity contribution in [3.8, 4) is 12.1 Å². The first-order valence-electron chi connectivity index (χ1n) is 6.67. The van der Waals surface area contributed by atoms with Crippen molar-refractivity contribution < 1.29 is 4.79 Å². The van der Waals surface area contributed by atoms with Crippen LogP contribution in [0.4, 0.5) is 0 Å². The van der Waals surface area contributed by atoms with Gasteiger partial charge in [-0.2, -0.15) is 10.5 Å². The number of carbonyl (C=O) groups excluding carboxylic acids is 1. The van der Waals surface area contributed by atoms with E-state index < -0.39 is 0 Å². The minimum absolute atomic E-state index is 0.000899. The lowest BCUT2D eigenvalue weighted by Crippen LogP contribution is -2.46. The predicted molar refractivity (Wildman–Crippen MR) is 70.7 cm³/mol. The van der Waals surface area contributed by atoms with Crippen LogP contribution >= 0.6 is 0 Å². The molecule has 1 amide bonds. The summed E-state index contributed by atoms with van der Waals surface area (Å²) < 4.78 is 0. The third-order valence-electron chi connectivity index (χ3n) is 3.33. The van der Waals surface area contributed by atoms with Gasteiger partial charge in [0.15, 0.2) is 0 Å². The van der Waals surface area contributed by atoms with Gasteiger partial charge in [-0.15, -0.1) is 0 Å². The van der Waals surface area contributed by atoms with Crippen molar-refractivity contribution in [3.63, 3.8) is 0 Å². The molecule has 6 heteroatoms. The maximum absolute atomic E-state index is 12.1. The smallest absolute Gasteiger partial charge is 0.236 e. The van der Waals surface area contributed by atoms with Crippen LogP contribution in [0.2, 0.25) is 0 Å². The fraction of sp³-hybridized carbons (Fsp3) is 0.769. The molecule has 1 saturated heterocycles. The van der Waals surface area contributed by atoms with Crippen LogP contribution in [-0.4, -0.2) is 54.5 Å². The molecule has 0 aromatic rings. The number of nitrogens with two attached hydrogens (primary N) is 1. The van der Waals surface area contributed by atoms with Crippen molar-refractivity contribution in [2.45, 2.75) is 31.7 Å². The largest absolute Gasteiger partial charge is 0.340 e. The molecule has 0 bridgehead atoms. The quantitative estimate of drug-likeness (QED) is 0.731. The van der Waals surface area contributed by atoms with E-state index in [1.165, 1.54) is 0 Å². The van der Waals surface area contributed by atoms with Crippen LogP contribution < -0.4 is 5.73 Å². The number of likely N-dealkylation sites (tertiary alicyclic amines) is 1. The Kier molecular flexibility index (Phi) is 6.88. The SMILES string of the molecule is N#CCCN(CCC#N)C(=O)CN1CCC(N)CC1. The first-order valence-corrected chi connectivity index (χ1v) is 6.67. The molecule has 0 aromatic carbocycles. The molecule has 0 radical (unpaired) electrons. The Morgan fingerprint density at radius 2 is 1.74 bits per heavy atom. The molecule has 1 rings (SSSR count). The van der Waals surface area contributed by atoms with Crippen molar-refractivity contribution in [1.29, 1.82) is 10.5 Å². The lowest BCUT2D eigenvalue weighted by atomic mass is 10.1. The Morgan fingerprint density at radius 3 is 2.21 bits per heavy atom. The summed E-state index contributed by atoms with van der Waals surface area (Å²) in [4.78, 5) is 15.8. The monoisotopic (exact) mass is 263 g/mol. The average Bonchev–Trinajstić information content (AvgIpc) is 2.41. The lowest BCUT2D eigenvalue weighted by Gasteiger charge is -2.31. The Labute approximate surface area is 114 Å². The Morgan fingerprint density at radius 1 is 1.21 bits per heavy atom. The lowest BCUT2D eigenvalue weighted by molar-refractivity contribution is -0.132. The summed E-state index contributed by atoms with van der Waals surface area (Å²) in [5.41, 5.74) is 5.82. The number of nitriles is 2. The van der Waals surface area contributed by atoms with E-state index in [9.17, 15) is 4.79 Å². The van der Waals surface area contributed by atoms with Crippen molar-refractivity contribution in [1.82, 2.24) is 9.80 Å². The third kappa shape index (κ3) is 5.69. The van der Waals surface area contributed by atoms with Gasteiger partial charge in [0, 0.05) is 32.2 Å². The van der Waals surface area contributed by atoms with Gasteiger partial charge in [0.25, 0.3) is 0 Å². The molecule has 0 unspecified atom stereocenters. The first-order chi connectivity index (χ1) is 9.17. The number of hydrogen-bond acceptors (Lipinski definition) is 5. The maximum Gasteiger partial charge on any atom is 0.236 e. The normalized spacial score (nSPS) is 16.6. The maximum atomic E-state index is 12.1. The molecule has 2 N–H and O–H groups in total. The molecule has 0 aromatic heterocycles. The van der Waals surface area contributed by atoms with Gasteiger partial charge >= 0.3 is 0 Å². The highest BCUT2D eigenvalue weighted by molar-refractivity contribution is 5.78. The minimum atomic E-state index is 0.000899. The van der Waals surface area contributed by atoms with E-state index >= 15 is 0 Å². The molecule has 104 valence electrons. The molecule has 1 aliphatic rings. The molecule has 0 aliphatic carbocycles. The molecule has 19 heavy (non-hydrogen) atoms. The second-order valence-corrected chi connectivity index (χ2v) is 4.81. The molecule has 1 heterocycles. The van der Waals surface area contributed by atoms with Crippen LogP contribution in [0.15, 0.2) is 0 Å². The Hall–Kier alpha value is -1.63. The van der Waals surface area contributed by atoms with Crippen molar-refractivity contribution in [2.75, 3.05) is 32.7 Å². The molecule has 0 atom stereocenters. The number of carbonyl (C=O) groups is 1. The van der Waals surface area contributed by atoms with Crippen molar-refractivity contribution in [2.24, 2.45) is 5.73 Å². The highest BCUT2D eigenvalue weighted by Gasteiger charge is 2.21. The van der Waals surface area contributed by atoms with E-state index in [1.807, 2.05) is 12.1 Å².